The van der Waals surface area contributed by atoms with Crippen molar-refractivity contribution in [1.29, 1.82) is 0 Å². The van der Waals surface area contributed by atoms with Crippen LogP contribution in [0.25, 0.3) is 0 Å². The highest BCUT2D eigenvalue weighted by Crippen LogP contribution is 2.12. The molecule has 0 aliphatic rings. The van der Waals surface area contributed by atoms with E-state index in [4.69, 9.17) is 9.84 Å². The summed E-state index contributed by atoms with van der Waals surface area (Å²) in [5.74, 6) is -1.98. The van der Waals surface area contributed by atoms with Gasteiger partial charge in [0.05, 0.1) is 12.3 Å². The summed E-state index contributed by atoms with van der Waals surface area (Å²) in [7, 11) is -2.11. The van der Waals surface area contributed by atoms with E-state index in [0.29, 0.717) is 19.4 Å². The second-order valence-corrected chi connectivity index (χ2v) is 6.85. The Bertz CT molecular complexity index is 451. The van der Waals surface area contributed by atoms with Gasteiger partial charge in [-0.2, -0.15) is 0 Å². The molecular weight excluding hydrogens is 300 g/mol. The lowest BCUT2D eigenvalue weighted by molar-refractivity contribution is -0.147. The molecule has 0 rings (SSSR count). The molecule has 0 saturated carbocycles. The number of amides is 1. The van der Waals surface area contributed by atoms with E-state index >= 15 is 0 Å². The van der Waals surface area contributed by atoms with Gasteiger partial charge in [0.15, 0.2) is 0 Å². The molecule has 0 bridgehead atoms. The van der Waals surface area contributed by atoms with Gasteiger partial charge in [0.1, 0.15) is 5.54 Å². The SMILES string of the molecule is CCCC(C)(NC(=O)CNS(=O)(=O)CCCOC)C(=O)O. The van der Waals surface area contributed by atoms with Crippen LogP contribution in [0.2, 0.25) is 0 Å². The fourth-order valence-electron chi connectivity index (χ4n) is 1.72. The summed E-state index contributed by atoms with van der Waals surface area (Å²) in [6.07, 6.45) is 1.15. The summed E-state index contributed by atoms with van der Waals surface area (Å²) in [5.41, 5.74) is -1.40. The number of rotatable bonds is 11. The van der Waals surface area contributed by atoms with Crippen LogP contribution in [0.5, 0.6) is 0 Å². The Hall–Kier alpha value is -1.19. The molecule has 1 unspecified atom stereocenters. The second kappa shape index (κ2) is 8.96. The van der Waals surface area contributed by atoms with Crippen molar-refractivity contribution in [1.82, 2.24) is 10.0 Å². The molecule has 0 aromatic carbocycles. The maximum absolute atomic E-state index is 11.7. The van der Waals surface area contributed by atoms with Gasteiger partial charge in [0.25, 0.3) is 0 Å². The Morgan fingerprint density at radius 3 is 2.43 bits per heavy atom. The van der Waals surface area contributed by atoms with Crippen molar-refractivity contribution in [2.75, 3.05) is 26.0 Å². The van der Waals surface area contributed by atoms with Gasteiger partial charge in [0.2, 0.25) is 15.9 Å². The van der Waals surface area contributed by atoms with E-state index in [2.05, 4.69) is 10.0 Å². The van der Waals surface area contributed by atoms with Crippen molar-refractivity contribution in [2.45, 2.75) is 38.6 Å². The highest BCUT2D eigenvalue weighted by Gasteiger charge is 2.33. The molecule has 0 aliphatic heterocycles. The smallest absolute Gasteiger partial charge is 0.329 e. The Kier molecular flexibility index (Phi) is 8.45. The third kappa shape index (κ3) is 7.98. The lowest BCUT2D eigenvalue weighted by Crippen LogP contribution is -2.54. The minimum absolute atomic E-state index is 0.153. The minimum atomic E-state index is -3.58. The third-order valence-corrected chi connectivity index (χ3v) is 4.26. The molecule has 9 heteroatoms. The van der Waals surface area contributed by atoms with Gasteiger partial charge in [-0.1, -0.05) is 13.3 Å². The van der Waals surface area contributed by atoms with E-state index in [9.17, 15) is 18.0 Å². The number of hydrogen-bond acceptors (Lipinski definition) is 5. The average Bonchev–Trinajstić information content (AvgIpc) is 2.37. The average molecular weight is 324 g/mol. The molecule has 0 aliphatic carbocycles. The van der Waals surface area contributed by atoms with Crippen molar-refractivity contribution in [3.63, 3.8) is 0 Å². The van der Waals surface area contributed by atoms with Crippen LogP contribution in [-0.4, -0.2) is 57.0 Å². The lowest BCUT2D eigenvalue weighted by Gasteiger charge is -2.25. The van der Waals surface area contributed by atoms with E-state index in [1.807, 2.05) is 0 Å². The number of aliphatic carboxylic acids is 1. The van der Waals surface area contributed by atoms with Crippen molar-refractivity contribution in [3.05, 3.63) is 0 Å². The fourth-order valence-corrected chi connectivity index (χ4v) is 2.71. The highest BCUT2D eigenvalue weighted by atomic mass is 32.2. The minimum Gasteiger partial charge on any atom is -0.480 e. The first-order chi connectivity index (χ1) is 9.67. The monoisotopic (exact) mass is 324 g/mol. The summed E-state index contributed by atoms with van der Waals surface area (Å²) < 4.78 is 30.0. The van der Waals surface area contributed by atoms with Crippen molar-refractivity contribution in [2.24, 2.45) is 0 Å². The Morgan fingerprint density at radius 1 is 1.33 bits per heavy atom. The van der Waals surface area contributed by atoms with Crippen LogP contribution in [-0.2, 0) is 24.3 Å². The molecule has 1 amide bonds. The predicted molar refractivity (Wildman–Crippen MR) is 77.4 cm³/mol. The van der Waals surface area contributed by atoms with Gasteiger partial charge < -0.3 is 15.2 Å². The normalized spacial score (nSPS) is 14.4. The van der Waals surface area contributed by atoms with Gasteiger partial charge in [0, 0.05) is 13.7 Å². The van der Waals surface area contributed by atoms with Crippen molar-refractivity contribution < 1.29 is 27.9 Å². The summed E-state index contributed by atoms with van der Waals surface area (Å²) in [5, 5.41) is 11.5. The molecule has 124 valence electrons. The maximum atomic E-state index is 11.7. The zero-order chi connectivity index (χ0) is 16.5. The van der Waals surface area contributed by atoms with Crippen LogP contribution >= 0.6 is 0 Å². The lowest BCUT2D eigenvalue weighted by atomic mass is 9.96. The molecule has 0 aromatic rings. The number of carbonyl (C=O) groups is 2. The van der Waals surface area contributed by atoms with Crippen LogP contribution in [0, 0.1) is 0 Å². The first kappa shape index (κ1) is 19.8. The van der Waals surface area contributed by atoms with Gasteiger partial charge in [-0.3, -0.25) is 4.79 Å². The molecule has 8 nitrogen and oxygen atoms in total. The molecule has 0 spiro atoms. The summed E-state index contributed by atoms with van der Waals surface area (Å²) >= 11 is 0. The topological polar surface area (TPSA) is 122 Å². The molecular formula is C12H24N2O6S. The summed E-state index contributed by atoms with van der Waals surface area (Å²) in [6.45, 7) is 3.01. The van der Waals surface area contributed by atoms with Gasteiger partial charge in [-0.15, -0.1) is 0 Å². The van der Waals surface area contributed by atoms with E-state index < -0.39 is 34.0 Å². The number of methoxy groups -OCH3 is 1. The van der Waals surface area contributed by atoms with Crippen LogP contribution in [0.3, 0.4) is 0 Å². The van der Waals surface area contributed by atoms with E-state index in [-0.39, 0.29) is 12.2 Å². The Labute approximate surface area is 125 Å². The van der Waals surface area contributed by atoms with Crippen LogP contribution in [0.1, 0.15) is 33.1 Å². The number of ether oxygens (including phenoxy) is 1. The van der Waals surface area contributed by atoms with Crippen LogP contribution < -0.4 is 10.0 Å². The maximum Gasteiger partial charge on any atom is 0.329 e. The van der Waals surface area contributed by atoms with E-state index in [0.717, 1.165) is 0 Å². The van der Waals surface area contributed by atoms with Gasteiger partial charge in [-0.05, 0) is 19.8 Å². The van der Waals surface area contributed by atoms with Crippen molar-refractivity contribution >= 4 is 21.9 Å². The molecule has 0 heterocycles. The van der Waals surface area contributed by atoms with Gasteiger partial charge in [-0.25, -0.2) is 17.9 Å². The summed E-state index contributed by atoms with van der Waals surface area (Å²) in [4.78, 5) is 22.8. The number of carboxylic acids is 1. The first-order valence-electron chi connectivity index (χ1n) is 6.67. The quantitative estimate of drug-likeness (QED) is 0.449. The zero-order valence-corrected chi connectivity index (χ0v) is 13.5. The number of sulfonamides is 1. The number of hydrogen-bond donors (Lipinski definition) is 3. The molecule has 21 heavy (non-hydrogen) atoms. The molecule has 1 atom stereocenters. The van der Waals surface area contributed by atoms with E-state index in [1.165, 1.54) is 14.0 Å². The van der Waals surface area contributed by atoms with Gasteiger partial charge >= 0.3 is 5.97 Å². The highest BCUT2D eigenvalue weighted by molar-refractivity contribution is 7.89. The molecule has 0 fully saturated rings. The number of carbonyl (C=O) groups excluding carboxylic acids is 1. The zero-order valence-electron chi connectivity index (χ0n) is 12.6. The molecule has 3 N–H and O–H groups in total. The largest absolute Gasteiger partial charge is 0.480 e. The fraction of sp³-hybridized carbons (Fsp3) is 0.833. The Morgan fingerprint density at radius 2 is 1.95 bits per heavy atom. The Balaban J connectivity index is 4.40. The first-order valence-corrected chi connectivity index (χ1v) is 8.32. The summed E-state index contributed by atoms with van der Waals surface area (Å²) in [6, 6.07) is 0. The van der Waals surface area contributed by atoms with Crippen LogP contribution in [0.15, 0.2) is 0 Å². The standard InChI is InChI=1S/C12H24N2O6S/c1-4-6-12(2,11(16)17)14-10(15)9-13-21(18,19)8-5-7-20-3/h13H,4-9H2,1-3H3,(H,14,15)(H,16,17). The van der Waals surface area contributed by atoms with Crippen LogP contribution in [0.4, 0.5) is 0 Å². The molecule has 0 radical (unpaired) electrons. The van der Waals surface area contributed by atoms with E-state index in [1.54, 1.807) is 6.92 Å². The predicted octanol–water partition coefficient (Wildman–Crippen LogP) is -0.298. The molecule has 0 saturated heterocycles. The second-order valence-electron chi connectivity index (χ2n) is 4.92. The third-order valence-electron chi connectivity index (χ3n) is 2.85. The van der Waals surface area contributed by atoms with Crippen molar-refractivity contribution in [3.8, 4) is 0 Å². The number of carboxylic acid groups (broad SMARTS) is 1. The number of nitrogens with one attached hydrogen (secondary N) is 2. The molecule has 0 aromatic heterocycles.